The van der Waals surface area contributed by atoms with Crippen molar-refractivity contribution >= 4 is 22.9 Å². The second kappa shape index (κ2) is 7.12. The van der Waals surface area contributed by atoms with E-state index < -0.39 is 5.91 Å². The zero-order valence-corrected chi connectivity index (χ0v) is 15.5. The molecule has 4 aromatic rings. The van der Waals surface area contributed by atoms with Crippen LogP contribution < -0.4 is 16.2 Å². The van der Waals surface area contributed by atoms with Crippen molar-refractivity contribution in [1.82, 2.24) is 19.5 Å². The molecule has 0 saturated carbocycles. The summed E-state index contributed by atoms with van der Waals surface area (Å²) >= 11 is 0. The fourth-order valence-electron chi connectivity index (χ4n) is 3.08. The van der Waals surface area contributed by atoms with E-state index in [9.17, 15) is 9.90 Å². The van der Waals surface area contributed by atoms with Gasteiger partial charge >= 0.3 is 0 Å². The van der Waals surface area contributed by atoms with Gasteiger partial charge in [0, 0.05) is 24.0 Å². The number of primary amides is 1. The summed E-state index contributed by atoms with van der Waals surface area (Å²) in [5.74, 6) is -0.341. The fraction of sp³-hybridized carbons (Fsp3) is 0.100. The van der Waals surface area contributed by atoms with Crippen LogP contribution in [0.3, 0.4) is 0 Å². The van der Waals surface area contributed by atoms with Crippen molar-refractivity contribution in [3.63, 3.8) is 0 Å². The monoisotopic (exact) mass is 390 g/mol. The molecule has 9 nitrogen and oxygen atoms in total. The maximum absolute atomic E-state index is 12.0. The molecule has 0 fully saturated rings. The zero-order valence-electron chi connectivity index (χ0n) is 15.5. The Morgan fingerprint density at radius 3 is 2.83 bits per heavy atom. The Kier molecular flexibility index (Phi) is 4.47. The Morgan fingerprint density at radius 1 is 1.28 bits per heavy atom. The van der Waals surface area contributed by atoms with E-state index in [0.29, 0.717) is 11.3 Å². The molecule has 0 spiro atoms. The SMILES string of the molecule is Cc1ccc(O)cc1-n1c(N)c(C(N)=O)c2ncc(OCc3cccnc3)nc21. The van der Waals surface area contributed by atoms with Crippen LogP contribution in [0.2, 0.25) is 0 Å². The Labute approximate surface area is 165 Å². The van der Waals surface area contributed by atoms with Crippen molar-refractivity contribution in [3.8, 4) is 17.3 Å². The largest absolute Gasteiger partial charge is 0.508 e. The number of nitrogen functional groups attached to an aromatic ring is 1. The number of benzene rings is 1. The summed E-state index contributed by atoms with van der Waals surface area (Å²) in [5, 5.41) is 9.93. The molecule has 0 atom stereocenters. The molecule has 1 aromatic carbocycles. The van der Waals surface area contributed by atoms with E-state index in [-0.39, 0.29) is 35.1 Å². The lowest BCUT2D eigenvalue weighted by Crippen LogP contribution is -2.14. The van der Waals surface area contributed by atoms with Crippen molar-refractivity contribution < 1.29 is 14.6 Å². The molecule has 3 heterocycles. The van der Waals surface area contributed by atoms with E-state index in [1.54, 1.807) is 24.5 Å². The first-order chi connectivity index (χ1) is 14.0. The lowest BCUT2D eigenvalue weighted by Gasteiger charge is -2.12. The number of aryl methyl sites for hydroxylation is 1. The number of aromatic nitrogens is 4. The van der Waals surface area contributed by atoms with Crippen LogP contribution in [0.1, 0.15) is 21.5 Å². The summed E-state index contributed by atoms with van der Waals surface area (Å²) < 4.78 is 7.26. The number of hydrogen-bond donors (Lipinski definition) is 3. The van der Waals surface area contributed by atoms with Crippen LogP contribution in [0.15, 0.2) is 48.9 Å². The summed E-state index contributed by atoms with van der Waals surface area (Å²) in [4.78, 5) is 24.8. The van der Waals surface area contributed by atoms with Gasteiger partial charge in [-0.15, -0.1) is 0 Å². The zero-order chi connectivity index (χ0) is 20.5. The Bertz CT molecular complexity index is 1220. The molecule has 9 heteroatoms. The Balaban J connectivity index is 1.86. The van der Waals surface area contributed by atoms with Crippen LogP contribution in [0.4, 0.5) is 5.82 Å². The first kappa shape index (κ1) is 18.2. The number of nitrogens with zero attached hydrogens (tertiary/aromatic N) is 4. The number of nitrogens with two attached hydrogens (primary N) is 2. The maximum Gasteiger partial charge on any atom is 0.254 e. The molecule has 5 N–H and O–H groups in total. The highest BCUT2D eigenvalue weighted by Gasteiger charge is 2.24. The van der Waals surface area contributed by atoms with Crippen LogP contribution in [0, 0.1) is 6.92 Å². The number of aromatic hydroxyl groups is 1. The summed E-state index contributed by atoms with van der Waals surface area (Å²) in [7, 11) is 0. The normalized spacial score (nSPS) is 10.9. The fourth-order valence-corrected chi connectivity index (χ4v) is 3.08. The quantitative estimate of drug-likeness (QED) is 0.473. The predicted molar refractivity (Wildman–Crippen MR) is 107 cm³/mol. The minimum Gasteiger partial charge on any atom is -0.508 e. The van der Waals surface area contributed by atoms with Crippen molar-refractivity contribution in [2.45, 2.75) is 13.5 Å². The summed E-state index contributed by atoms with van der Waals surface area (Å²) in [5.41, 5.74) is 14.6. The van der Waals surface area contributed by atoms with Crippen LogP contribution in [0.5, 0.6) is 11.6 Å². The first-order valence-electron chi connectivity index (χ1n) is 8.74. The molecule has 4 rings (SSSR count). The van der Waals surface area contributed by atoms with Gasteiger partial charge in [0.05, 0.1) is 11.9 Å². The van der Waals surface area contributed by atoms with Gasteiger partial charge in [-0.1, -0.05) is 12.1 Å². The number of phenols is 1. The number of rotatable bonds is 5. The highest BCUT2D eigenvalue weighted by Crippen LogP contribution is 2.32. The highest BCUT2D eigenvalue weighted by atomic mass is 16.5. The van der Waals surface area contributed by atoms with E-state index in [1.165, 1.54) is 16.8 Å². The van der Waals surface area contributed by atoms with Gasteiger partial charge in [-0.2, -0.15) is 4.98 Å². The van der Waals surface area contributed by atoms with Crippen molar-refractivity contribution in [2.75, 3.05) is 5.73 Å². The van der Waals surface area contributed by atoms with Gasteiger partial charge in [0.1, 0.15) is 29.3 Å². The molecule has 0 aliphatic heterocycles. The topological polar surface area (TPSA) is 142 Å². The summed E-state index contributed by atoms with van der Waals surface area (Å²) in [6, 6.07) is 8.50. The first-order valence-corrected chi connectivity index (χ1v) is 8.74. The third-order valence-corrected chi connectivity index (χ3v) is 4.47. The molecule has 0 unspecified atom stereocenters. The van der Waals surface area contributed by atoms with Gasteiger partial charge in [0.2, 0.25) is 5.88 Å². The number of fused-ring (bicyclic) bond motifs is 1. The van der Waals surface area contributed by atoms with E-state index in [4.69, 9.17) is 16.2 Å². The van der Waals surface area contributed by atoms with Crippen molar-refractivity contribution in [2.24, 2.45) is 5.73 Å². The lowest BCUT2D eigenvalue weighted by molar-refractivity contribution is 0.100. The molecule has 146 valence electrons. The number of amides is 1. The average molecular weight is 390 g/mol. The minimum absolute atomic E-state index is 0.0458. The van der Waals surface area contributed by atoms with Gasteiger partial charge in [-0.05, 0) is 24.6 Å². The number of ether oxygens (including phenoxy) is 1. The second-order valence-electron chi connectivity index (χ2n) is 6.46. The van der Waals surface area contributed by atoms with E-state index in [1.807, 2.05) is 19.1 Å². The van der Waals surface area contributed by atoms with Gasteiger partial charge in [-0.3, -0.25) is 14.3 Å². The number of anilines is 1. The summed E-state index contributed by atoms with van der Waals surface area (Å²) in [6.07, 6.45) is 4.77. The van der Waals surface area contributed by atoms with Gasteiger partial charge in [0.25, 0.3) is 5.91 Å². The third-order valence-electron chi connectivity index (χ3n) is 4.47. The molecule has 29 heavy (non-hydrogen) atoms. The van der Waals surface area contributed by atoms with E-state index in [0.717, 1.165) is 11.1 Å². The number of carbonyl (C=O) groups excluding carboxylic acids is 1. The van der Waals surface area contributed by atoms with E-state index in [2.05, 4.69) is 15.0 Å². The van der Waals surface area contributed by atoms with Crippen LogP contribution >= 0.6 is 0 Å². The smallest absolute Gasteiger partial charge is 0.254 e. The summed E-state index contributed by atoms with van der Waals surface area (Å²) in [6.45, 7) is 2.10. The number of phenolic OH excluding ortho intramolecular Hbond substituents is 1. The number of hydrogen-bond acceptors (Lipinski definition) is 7. The lowest BCUT2D eigenvalue weighted by atomic mass is 10.2. The van der Waals surface area contributed by atoms with Crippen molar-refractivity contribution in [3.05, 3.63) is 65.6 Å². The molecular formula is C20H18N6O3. The van der Waals surface area contributed by atoms with Gasteiger partial charge in [-0.25, -0.2) is 4.98 Å². The predicted octanol–water partition coefficient (Wildman–Crippen LogP) is 2.09. The van der Waals surface area contributed by atoms with Crippen molar-refractivity contribution in [1.29, 1.82) is 0 Å². The number of pyridine rings is 1. The highest BCUT2D eigenvalue weighted by molar-refractivity contribution is 6.09. The molecular weight excluding hydrogens is 372 g/mol. The average Bonchev–Trinajstić information content (AvgIpc) is 3.00. The van der Waals surface area contributed by atoms with Crippen LogP contribution in [-0.2, 0) is 6.61 Å². The van der Waals surface area contributed by atoms with Gasteiger partial charge in [0.15, 0.2) is 5.65 Å². The standard InChI is InChI=1S/C20H18N6O3/c1-11-4-5-13(27)7-14(11)26-18(21)16(19(22)28)17-20(26)25-15(9-24-17)29-10-12-3-2-6-23-8-12/h2-9,27H,10,21H2,1H3,(H2,22,28). The van der Waals surface area contributed by atoms with Gasteiger partial charge < -0.3 is 21.3 Å². The molecule has 0 radical (unpaired) electrons. The maximum atomic E-state index is 12.0. The molecule has 1 amide bonds. The Hall–Kier alpha value is -4.14. The van der Waals surface area contributed by atoms with Crippen LogP contribution in [-0.4, -0.2) is 30.5 Å². The Morgan fingerprint density at radius 2 is 2.10 bits per heavy atom. The van der Waals surface area contributed by atoms with Crippen LogP contribution in [0.25, 0.3) is 16.9 Å². The molecule has 0 bridgehead atoms. The molecule has 0 aliphatic carbocycles. The molecule has 0 aliphatic rings. The molecule has 0 saturated heterocycles. The molecule has 3 aromatic heterocycles. The van der Waals surface area contributed by atoms with E-state index >= 15 is 0 Å². The second-order valence-corrected chi connectivity index (χ2v) is 6.46. The number of carbonyl (C=O) groups is 1. The minimum atomic E-state index is -0.720. The third kappa shape index (κ3) is 3.29.